The van der Waals surface area contributed by atoms with Gasteiger partial charge in [-0.05, 0) is 18.6 Å². The van der Waals surface area contributed by atoms with Crippen LogP contribution in [0.3, 0.4) is 0 Å². The Morgan fingerprint density at radius 1 is 1.22 bits per heavy atom. The van der Waals surface area contributed by atoms with Gasteiger partial charge < -0.3 is 9.15 Å². The SMILES string of the molecule is CCCCCC(=O)CCC(=O)OCc1ccco1. The zero-order valence-electron chi connectivity index (χ0n) is 10.8. The third-order valence-corrected chi connectivity index (χ3v) is 2.62. The lowest BCUT2D eigenvalue weighted by Crippen LogP contribution is -2.07. The predicted molar refractivity (Wildman–Crippen MR) is 66.9 cm³/mol. The van der Waals surface area contributed by atoms with Gasteiger partial charge >= 0.3 is 5.97 Å². The fourth-order valence-corrected chi connectivity index (χ4v) is 1.56. The molecule has 0 fully saturated rings. The summed E-state index contributed by atoms with van der Waals surface area (Å²) in [6, 6.07) is 3.48. The van der Waals surface area contributed by atoms with E-state index in [0.29, 0.717) is 12.2 Å². The van der Waals surface area contributed by atoms with E-state index in [1.54, 1.807) is 12.1 Å². The molecule has 1 heterocycles. The number of ether oxygens (including phenoxy) is 1. The van der Waals surface area contributed by atoms with Gasteiger partial charge in [0, 0.05) is 12.8 Å². The smallest absolute Gasteiger partial charge is 0.306 e. The quantitative estimate of drug-likeness (QED) is 0.500. The minimum absolute atomic E-state index is 0.135. The Morgan fingerprint density at radius 2 is 2.06 bits per heavy atom. The topological polar surface area (TPSA) is 56.5 Å². The number of Topliss-reactive ketones (excluding diaryl/α,β-unsaturated/α-hetero) is 1. The lowest BCUT2D eigenvalue weighted by atomic mass is 10.1. The number of ketones is 1. The highest BCUT2D eigenvalue weighted by atomic mass is 16.5. The molecule has 0 bridgehead atoms. The maximum Gasteiger partial charge on any atom is 0.306 e. The van der Waals surface area contributed by atoms with Crippen molar-refractivity contribution in [1.82, 2.24) is 0 Å². The van der Waals surface area contributed by atoms with Gasteiger partial charge in [0.25, 0.3) is 0 Å². The number of unbranched alkanes of at least 4 members (excludes halogenated alkanes) is 2. The van der Waals surface area contributed by atoms with Crippen LogP contribution in [0.15, 0.2) is 22.8 Å². The number of rotatable bonds is 9. The van der Waals surface area contributed by atoms with Crippen molar-refractivity contribution in [2.45, 2.75) is 52.1 Å². The molecule has 4 nitrogen and oxygen atoms in total. The molecule has 0 spiro atoms. The Kier molecular flexibility index (Phi) is 6.84. The van der Waals surface area contributed by atoms with Crippen molar-refractivity contribution >= 4 is 11.8 Å². The Balaban J connectivity index is 2.07. The largest absolute Gasteiger partial charge is 0.466 e. The normalized spacial score (nSPS) is 10.3. The maximum atomic E-state index is 11.4. The zero-order chi connectivity index (χ0) is 13.2. The van der Waals surface area contributed by atoms with E-state index < -0.39 is 0 Å². The fraction of sp³-hybridized carbons (Fsp3) is 0.571. The van der Waals surface area contributed by atoms with Gasteiger partial charge in [-0.2, -0.15) is 0 Å². The van der Waals surface area contributed by atoms with E-state index >= 15 is 0 Å². The van der Waals surface area contributed by atoms with E-state index in [2.05, 4.69) is 6.92 Å². The number of hydrogen-bond donors (Lipinski definition) is 0. The molecule has 1 aromatic rings. The summed E-state index contributed by atoms with van der Waals surface area (Å²) in [5.74, 6) is 0.395. The first-order valence-corrected chi connectivity index (χ1v) is 6.42. The fourth-order valence-electron chi connectivity index (χ4n) is 1.56. The molecule has 0 atom stereocenters. The minimum atomic E-state index is -0.352. The molecule has 1 aromatic heterocycles. The van der Waals surface area contributed by atoms with Crippen LogP contribution in [0.25, 0.3) is 0 Å². The Bertz CT molecular complexity index is 354. The third-order valence-electron chi connectivity index (χ3n) is 2.62. The molecular weight excluding hydrogens is 232 g/mol. The first-order valence-electron chi connectivity index (χ1n) is 6.42. The van der Waals surface area contributed by atoms with Gasteiger partial charge in [0.2, 0.25) is 0 Å². The number of hydrogen-bond acceptors (Lipinski definition) is 4. The van der Waals surface area contributed by atoms with Crippen LogP contribution in [0.2, 0.25) is 0 Å². The van der Waals surface area contributed by atoms with Gasteiger partial charge in [-0.3, -0.25) is 9.59 Å². The van der Waals surface area contributed by atoms with Crippen molar-refractivity contribution in [3.05, 3.63) is 24.2 Å². The lowest BCUT2D eigenvalue weighted by molar-refractivity contribution is -0.146. The van der Waals surface area contributed by atoms with Gasteiger partial charge in [-0.1, -0.05) is 19.8 Å². The molecule has 0 amide bonds. The average molecular weight is 252 g/mol. The van der Waals surface area contributed by atoms with E-state index in [1.165, 1.54) is 6.26 Å². The van der Waals surface area contributed by atoms with Gasteiger partial charge in [0.1, 0.15) is 18.2 Å². The van der Waals surface area contributed by atoms with Crippen LogP contribution in [0, 0.1) is 0 Å². The van der Waals surface area contributed by atoms with E-state index in [-0.39, 0.29) is 31.2 Å². The second-order valence-corrected chi connectivity index (χ2v) is 4.24. The second-order valence-electron chi connectivity index (χ2n) is 4.24. The van der Waals surface area contributed by atoms with E-state index in [1.807, 2.05) is 0 Å². The Labute approximate surface area is 107 Å². The summed E-state index contributed by atoms with van der Waals surface area (Å²) in [6.45, 7) is 2.23. The van der Waals surface area contributed by atoms with Crippen molar-refractivity contribution in [1.29, 1.82) is 0 Å². The summed E-state index contributed by atoms with van der Waals surface area (Å²) in [4.78, 5) is 22.8. The third kappa shape index (κ3) is 6.23. The lowest BCUT2D eigenvalue weighted by Gasteiger charge is -2.02. The molecule has 4 heteroatoms. The monoisotopic (exact) mass is 252 g/mol. The molecule has 0 radical (unpaired) electrons. The summed E-state index contributed by atoms with van der Waals surface area (Å²) in [5, 5.41) is 0. The van der Waals surface area contributed by atoms with E-state index in [9.17, 15) is 9.59 Å². The Morgan fingerprint density at radius 3 is 2.72 bits per heavy atom. The van der Waals surface area contributed by atoms with Crippen molar-refractivity contribution in [2.24, 2.45) is 0 Å². The van der Waals surface area contributed by atoms with Crippen LogP contribution >= 0.6 is 0 Å². The molecule has 0 unspecified atom stereocenters. The van der Waals surface area contributed by atoms with Crippen molar-refractivity contribution in [2.75, 3.05) is 0 Å². The molecule has 0 aliphatic rings. The van der Waals surface area contributed by atoms with Gasteiger partial charge in [-0.25, -0.2) is 0 Å². The molecule has 0 aliphatic heterocycles. The summed E-state index contributed by atoms with van der Waals surface area (Å²) < 4.78 is 10.0. The molecule has 0 saturated carbocycles. The molecule has 0 saturated heterocycles. The van der Waals surface area contributed by atoms with Crippen LogP contribution in [-0.2, 0) is 20.9 Å². The van der Waals surface area contributed by atoms with Crippen LogP contribution in [0.1, 0.15) is 51.2 Å². The molecule has 100 valence electrons. The molecular formula is C14H20O4. The molecule has 0 aliphatic carbocycles. The molecule has 0 aromatic carbocycles. The highest BCUT2D eigenvalue weighted by molar-refractivity contribution is 5.82. The van der Waals surface area contributed by atoms with Gasteiger partial charge in [0.15, 0.2) is 0 Å². The summed E-state index contributed by atoms with van der Waals surface area (Å²) in [5.41, 5.74) is 0. The van der Waals surface area contributed by atoms with Crippen LogP contribution in [0.5, 0.6) is 0 Å². The first kappa shape index (κ1) is 14.5. The number of carbonyl (C=O) groups excluding carboxylic acids is 2. The van der Waals surface area contributed by atoms with Crippen LogP contribution in [0.4, 0.5) is 0 Å². The number of carbonyl (C=O) groups is 2. The van der Waals surface area contributed by atoms with Crippen LogP contribution in [-0.4, -0.2) is 11.8 Å². The summed E-state index contributed by atoms with van der Waals surface area (Å²) in [7, 11) is 0. The average Bonchev–Trinajstić information content (AvgIpc) is 2.87. The van der Waals surface area contributed by atoms with E-state index in [0.717, 1.165) is 19.3 Å². The first-order chi connectivity index (χ1) is 8.72. The number of esters is 1. The van der Waals surface area contributed by atoms with Crippen LogP contribution < -0.4 is 0 Å². The predicted octanol–water partition coefficient (Wildman–Crippen LogP) is 3.25. The standard InChI is InChI=1S/C14H20O4/c1-2-3-4-6-12(15)8-9-14(16)18-11-13-7-5-10-17-13/h5,7,10H,2-4,6,8-9,11H2,1H3. The minimum Gasteiger partial charge on any atom is -0.466 e. The second kappa shape index (κ2) is 8.50. The molecule has 1 rings (SSSR count). The highest BCUT2D eigenvalue weighted by Crippen LogP contribution is 2.06. The molecule has 0 N–H and O–H groups in total. The van der Waals surface area contributed by atoms with Crippen molar-refractivity contribution in [3.8, 4) is 0 Å². The van der Waals surface area contributed by atoms with Gasteiger partial charge in [0.05, 0.1) is 12.7 Å². The van der Waals surface area contributed by atoms with Crippen molar-refractivity contribution in [3.63, 3.8) is 0 Å². The summed E-state index contributed by atoms with van der Waals surface area (Å²) >= 11 is 0. The maximum absolute atomic E-state index is 11.4. The molecule has 18 heavy (non-hydrogen) atoms. The zero-order valence-corrected chi connectivity index (χ0v) is 10.8. The van der Waals surface area contributed by atoms with E-state index in [4.69, 9.17) is 9.15 Å². The highest BCUT2D eigenvalue weighted by Gasteiger charge is 2.08. The van der Waals surface area contributed by atoms with Crippen molar-refractivity contribution < 1.29 is 18.7 Å². The number of furan rings is 1. The summed E-state index contributed by atoms with van der Waals surface area (Å²) in [6.07, 6.45) is 5.61. The van der Waals surface area contributed by atoms with Gasteiger partial charge in [-0.15, -0.1) is 0 Å². The Hall–Kier alpha value is -1.58.